The molecule has 1 aliphatic rings. The van der Waals surface area contributed by atoms with Gasteiger partial charge in [-0.1, -0.05) is 36.4 Å². The van der Waals surface area contributed by atoms with Crippen LogP contribution in [-0.4, -0.2) is 61.6 Å². The van der Waals surface area contributed by atoms with Gasteiger partial charge in [0.1, 0.15) is 5.75 Å². The molecule has 0 spiro atoms. The number of rotatable bonds is 7. The highest BCUT2D eigenvalue weighted by molar-refractivity contribution is 6.05. The number of likely N-dealkylation sites (tertiary alicyclic amines) is 1. The number of hydrogen-bond acceptors (Lipinski definition) is 4. The first-order valence-corrected chi connectivity index (χ1v) is 10.7. The average molecular weight is 425 g/mol. The number of likely N-dealkylation sites (N-methyl/N-ethyl adjacent to an activating group) is 1. The molecule has 1 saturated heterocycles. The minimum absolute atomic E-state index is 0.118. The van der Waals surface area contributed by atoms with E-state index in [-0.39, 0.29) is 5.91 Å². The molecular formula is C24H32N4O3. The second-order valence-corrected chi connectivity index (χ2v) is 8.07. The molecule has 7 heteroatoms. The Kier molecular flexibility index (Phi) is 7.52. The third kappa shape index (κ3) is 5.55. The molecule has 3 N–H and O–H groups in total. The normalized spacial score (nSPS) is 14.5. The standard InChI is InChI=1S/C24H32N4O3/c1-17-9-10-20(21(22(17)31-3)26-24(25)30)23(29)28-15-12-19(13-16-28)27(2)14-11-18-7-5-4-6-8-18/h4-10,19H,11-16H2,1-3H3,(H3,25,26,30). The van der Waals surface area contributed by atoms with E-state index in [1.165, 1.54) is 12.7 Å². The van der Waals surface area contributed by atoms with Crippen LogP contribution in [0.25, 0.3) is 0 Å². The molecule has 2 aromatic rings. The number of nitrogens with one attached hydrogen (secondary N) is 1. The van der Waals surface area contributed by atoms with Gasteiger partial charge in [0.2, 0.25) is 0 Å². The largest absolute Gasteiger partial charge is 0.494 e. The first kappa shape index (κ1) is 22.6. The molecule has 2 aromatic carbocycles. The first-order chi connectivity index (χ1) is 14.9. The molecule has 1 fully saturated rings. The lowest BCUT2D eigenvalue weighted by Crippen LogP contribution is -2.46. The van der Waals surface area contributed by atoms with Crippen LogP contribution < -0.4 is 15.8 Å². The molecule has 0 unspecified atom stereocenters. The molecule has 3 rings (SSSR count). The summed E-state index contributed by atoms with van der Waals surface area (Å²) in [6, 6.07) is 13.8. The molecule has 0 atom stereocenters. The van der Waals surface area contributed by atoms with Gasteiger partial charge < -0.3 is 25.6 Å². The Morgan fingerprint density at radius 2 is 1.84 bits per heavy atom. The van der Waals surface area contributed by atoms with Crippen LogP contribution in [0, 0.1) is 6.92 Å². The lowest BCUT2D eigenvalue weighted by molar-refractivity contribution is 0.0647. The number of benzene rings is 2. The molecule has 166 valence electrons. The van der Waals surface area contributed by atoms with Crippen molar-refractivity contribution < 1.29 is 14.3 Å². The van der Waals surface area contributed by atoms with Crippen molar-refractivity contribution in [3.05, 3.63) is 59.2 Å². The van der Waals surface area contributed by atoms with Gasteiger partial charge in [0, 0.05) is 25.7 Å². The van der Waals surface area contributed by atoms with Crippen molar-refractivity contribution in [2.24, 2.45) is 5.73 Å². The van der Waals surface area contributed by atoms with E-state index in [4.69, 9.17) is 10.5 Å². The highest BCUT2D eigenvalue weighted by atomic mass is 16.5. The van der Waals surface area contributed by atoms with Crippen molar-refractivity contribution in [2.75, 3.05) is 39.1 Å². The summed E-state index contributed by atoms with van der Waals surface area (Å²) in [5.41, 5.74) is 8.23. The summed E-state index contributed by atoms with van der Waals surface area (Å²) in [6.45, 7) is 4.19. The number of ether oxygens (including phenoxy) is 1. The smallest absolute Gasteiger partial charge is 0.316 e. The van der Waals surface area contributed by atoms with Crippen molar-refractivity contribution in [1.82, 2.24) is 9.80 Å². The number of primary amides is 1. The Bertz CT molecular complexity index is 909. The molecular weight excluding hydrogens is 392 g/mol. The number of nitrogens with zero attached hydrogens (tertiary/aromatic N) is 2. The number of aryl methyl sites for hydroxylation is 1. The topological polar surface area (TPSA) is 87.9 Å². The highest BCUT2D eigenvalue weighted by Crippen LogP contribution is 2.33. The predicted molar refractivity (Wildman–Crippen MR) is 123 cm³/mol. The number of piperidine rings is 1. The third-order valence-electron chi connectivity index (χ3n) is 6.01. The van der Waals surface area contributed by atoms with Gasteiger partial charge in [0.05, 0.1) is 18.4 Å². The Morgan fingerprint density at radius 3 is 2.45 bits per heavy atom. The zero-order chi connectivity index (χ0) is 22.4. The van der Waals surface area contributed by atoms with Crippen LogP contribution in [0.3, 0.4) is 0 Å². The number of methoxy groups -OCH3 is 1. The van der Waals surface area contributed by atoms with Crippen molar-refractivity contribution in [3.63, 3.8) is 0 Å². The van der Waals surface area contributed by atoms with Crippen LogP contribution in [0.5, 0.6) is 5.75 Å². The van der Waals surface area contributed by atoms with E-state index < -0.39 is 6.03 Å². The Balaban J connectivity index is 1.63. The molecule has 31 heavy (non-hydrogen) atoms. The van der Waals surface area contributed by atoms with Crippen LogP contribution in [-0.2, 0) is 6.42 Å². The molecule has 0 saturated carbocycles. The molecule has 7 nitrogen and oxygen atoms in total. The zero-order valence-corrected chi connectivity index (χ0v) is 18.6. The van der Waals surface area contributed by atoms with Crippen molar-refractivity contribution >= 4 is 17.6 Å². The molecule has 0 aliphatic carbocycles. The summed E-state index contributed by atoms with van der Waals surface area (Å²) < 4.78 is 5.42. The molecule has 0 aromatic heterocycles. The van der Waals surface area contributed by atoms with Crippen LogP contribution >= 0.6 is 0 Å². The van der Waals surface area contributed by atoms with E-state index in [1.54, 1.807) is 6.07 Å². The lowest BCUT2D eigenvalue weighted by atomic mass is 10.0. The quantitative estimate of drug-likeness (QED) is 0.714. The van der Waals surface area contributed by atoms with Gasteiger partial charge in [-0.25, -0.2) is 4.79 Å². The summed E-state index contributed by atoms with van der Waals surface area (Å²) >= 11 is 0. The summed E-state index contributed by atoms with van der Waals surface area (Å²) in [4.78, 5) is 29.0. The number of nitrogens with two attached hydrogens (primary N) is 1. The Hall–Kier alpha value is -3.06. The highest BCUT2D eigenvalue weighted by Gasteiger charge is 2.28. The summed E-state index contributed by atoms with van der Waals surface area (Å²) in [5, 5.41) is 2.57. The maximum absolute atomic E-state index is 13.2. The van der Waals surface area contributed by atoms with Crippen LogP contribution in [0.4, 0.5) is 10.5 Å². The van der Waals surface area contributed by atoms with Gasteiger partial charge in [-0.05, 0) is 50.4 Å². The molecule has 1 heterocycles. The minimum atomic E-state index is -0.725. The Labute approximate surface area is 184 Å². The molecule has 3 amide bonds. The predicted octanol–water partition coefficient (Wildman–Crippen LogP) is 3.27. The number of amides is 3. The van der Waals surface area contributed by atoms with Crippen molar-refractivity contribution in [1.29, 1.82) is 0 Å². The van der Waals surface area contributed by atoms with E-state index in [0.29, 0.717) is 36.1 Å². The SMILES string of the molecule is COc1c(C)ccc(C(=O)N2CCC(N(C)CCc3ccccc3)CC2)c1NC(N)=O. The van der Waals surface area contributed by atoms with Gasteiger partial charge in [-0.15, -0.1) is 0 Å². The third-order valence-corrected chi connectivity index (χ3v) is 6.01. The lowest BCUT2D eigenvalue weighted by Gasteiger charge is -2.37. The van der Waals surface area contributed by atoms with Crippen LogP contribution in [0.1, 0.15) is 34.3 Å². The fourth-order valence-electron chi connectivity index (χ4n) is 4.19. The number of carbonyl (C=O) groups excluding carboxylic acids is 2. The number of urea groups is 1. The maximum atomic E-state index is 13.2. The first-order valence-electron chi connectivity index (χ1n) is 10.7. The molecule has 0 bridgehead atoms. The van der Waals surface area contributed by atoms with Crippen molar-refractivity contribution in [3.8, 4) is 5.75 Å². The van der Waals surface area contributed by atoms with Crippen LogP contribution in [0.15, 0.2) is 42.5 Å². The fraction of sp³-hybridized carbons (Fsp3) is 0.417. The number of carbonyl (C=O) groups is 2. The fourth-order valence-corrected chi connectivity index (χ4v) is 4.19. The summed E-state index contributed by atoms with van der Waals surface area (Å²) in [7, 11) is 3.67. The second-order valence-electron chi connectivity index (χ2n) is 8.07. The average Bonchev–Trinajstić information content (AvgIpc) is 2.78. The van der Waals surface area contributed by atoms with E-state index in [0.717, 1.165) is 31.4 Å². The zero-order valence-electron chi connectivity index (χ0n) is 18.6. The number of hydrogen-bond donors (Lipinski definition) is 2. The van der Waals surface area contributed by atoms with Gasteiger partial charge in [-0.3, -0.25) is 4.79 Å². The van der Waals surface area contributed by atoms with E-state index in [2.05, 4.69) is 41.5 Å². The summed E-state index contributed by atoms with van der Waals surface area (Å²) in [5.74, 6) is 0.340. The monoisotopic (exact) mass is 424 g/mol. The van der Waals surface area contributed by atoms with Gasteiger partial charge in [-0.2, -0.15) is 0 Å². The Morgan fingerprint density at radius 1 is 1.16 bits per heavy atom. The second kappa shape index (κ2) is 10.3. The summed E-state index contributed by atoms with van der Waals surface area (Å²) in [6.07, 6.45) is 2.85. The number of anilines is 1. The van der Waals surface area contributed by atoms with E-state index in [1.807, 2.05) is 24.0 Å². The van der Waals surface area contributed by atoms with Crippen LogP contribution in [0.2, 0.25) is 0 Å². The van der Waals surface area contributed by atoms with Gasteiger partial charge in [0.15, 0.2) is 0 Å². The maximum Gasteiger partial charge on any atom is 0.316 e. The van der Waals surface area contributed by atoms with Gasteiger partial charge in [0.25, 0.3) is 5.91 Å². The molecule has 0 radical (unpaired) electrons. The van der Waals surface area contributed by atoms with Crippen molar-refractivity contribution in [2.45, 2.75) is 32.2 Å². The van der Waals surface area contributed by atoms with Gasteiger partial charge >= 0.3 is 6.03 Å². The molecule has 1 aliphatic heterocycles. The van der Waals surface area contributed by atoms with E-state index in [9.17, 15) is 9.59 Å². The van der Waals surface area contributed by atoms with E-state index >= 15 is 0 Å². The minimum Gasteiger partial charge on any atom is -0.494 e.